The molecule has 1 aromatic heterocycles. The number of thioether (sulfide) groups is 1. The molecule has 5 nitrogen and oxygen atoms in total. The Morgan fingerprint density at radius 3 is 2.96 bits per heavy atom. The van der Waals surface area contributed by atoms with E-state index >= 15 is 0 Å². The first-order valence-corrected chi connectivity index (χ1v) is 9.12. The number of amides is 1. The van der Waals surface area contributed by atoms with Gasteiger partial charge in [-0.1, -0.05) is 6.07 Å². The number of rotatable bonds is 4. The van der Waals surface area contributed by atoms with Crippen LogP contribution in [0.3, 0.4) is 0 Å². The lowest BCUT2D eigenvalue weighted by Crippen LogP contribution is -2.32. The largest absolute Gasteiger partial charge is 0.320 e. The highest BCUT2D eigenvalue weighted by Gasteiger charge is 2.18. The lowest BCUT2D eigenvalue weighted by Gasteiger charge is -2.22. The number of nitrogens with zero attached hydrogens (tertiary/aromatic N) is 2. The molecular weight excluding hydrogens is 344 g/mol. The van der Waals surface area contributed by atoms with Crippen molar-refractivity contribution in [3.05, 3.63) is 41.7 Å². The number of piperidine rings is 1. The third kappa shape index (κ3) is 4.12. The molecule has 0 radical (unpaired) electrons. The van der Waals surface area contributed by atoms with Crippen molar-refractivity contribution in [1.82, 2.24) is 15.1 Å². The van der Waals surface area contributed by atoms with Crippen LogP contribution in [0.5, 0.6) is 0 Å². The Morgan fingerprint density at radius 1 is 1.42 bits per heavy atom. The molecule has 1 atom stereocenters. The van der Waals surface area contributed by atoms with Crippen LogP contribution in [0.25, 0.3) is 0 Å². The van der Waals surface area contributed by atoms with Crippen LogP contribution in [0.1, 0.15) is 34.9 Å². The minimum atomic E-state index is -0.158. The predicted molar refractivity (Wildman–Crippen MR) is 102 cm³/mol. The second kappa shape index (κ2) is 8.55. The van der Waals surface area contributed by atoms with Crippen LogP contribution in [0, 0.1) is 6.92 Å². The zero-order chi connectivity index (χ0) is 16.2. The van der Waals surface area contributed by atoms with E-state index in [2.05, 4.69) is 21.8 Å². The average molecular weight is 367 g/mol. The lowest BCUT2D eigenvalue weighted by atomic mass is 10.1. The van der Waals surface area contributed by atoms with Crippen molar-refractivity contribution < 1.29 is 4.79 Å². The van der Waals surface area contributed by atoms with Gasteiger partial charge in [0.25, 0.3) is 5.91 Å². The zero-order valence-electron chi connectivity index (χ0n) is 13.9. The van der Waals surface area contributed by atoms with Crippen molar-refractivity contribution in [2.75, 3.05) is 24.7 Å². The molecule has 1 unspecified atom stereocenters. The topological polar surface area (TPSA) is 59.0 Å². The van der Waals surface area contributed by atoms with Crippen molar-refractivity contribution in [3.63, 3.8) is 0 Å². The smallest absolute Gasteiger partial charge is 0.276 e. The molecule has 3 rings (SSSR count). The fraction of sp³-hybridized carbons (Fsp3) is 0.412. The van der Waals surface area contributed by atoms with Gasteiger partial charge in [0.1, 0.15) is 0 Å². The van der Waals surface area contributed by atoms with Crippen LogP contribution in [-0.4, -0.2) is 35.0 Å². The number of carbonyl (C=O) groups is 1. The molecule has 2 heterocycles. The molecular formula is C17H23ClN4OS. The Morgan fingerprint density at radius 2 is 2.25 bits per heavy atom. The summed E-state index contributed by atoms with van der Waals surface area (Å²) in [5.41, 5.74) is 2.39. The number of halogens is 1. The molecule has 0 aliphatic carbocycles. The molecule has 2 N–H and O–H groups in total. The van der Waals surface area contributed by atoms with Gasteiger partial charge in [-0.25, -0.2) is 0 Å². The fourth-order valence-corrected chi connectivity index (χ4v) is 3.51. The summed E-state index contributed by atoms with van der Waals surface area (Å²) in [4.78, 5) is 13.6. The van der Waals surface area contributed by atoms with Crippen molar-refractivity contribution in [3.8, 4) is 0 Å². The van der Waals surface area contributed by atoms with Crippen molar-refractivity contribution >= 4 is 35.8 Å². The number of hydrogen-bond donors (Lipinski definition) is 2. The number of nitrogens with one attached hydrogen (secondary N) is 2. The summed E-state index contributed by atoms with van der Waals surface area (Å²) >= 11 is 1.68. The first-order valence-electron chi connectivity index (χ1n) is 7.90. The summed E-state index contributed by atoms with van der Waals surface area (Å²) in [6.07, 6.45) is 6.18. The maximum absolute atomic E-state index is 12.5. The third-order valence-electron chi connectivity index (χ3n) is 4.24. The van der Waals surface area contributed by atoms with Gasteiger partial charge in [-0.05, 0) is 56.3 Å². The molecule has 1 aromatic carbocycles. The summed E-state index contributed by atoms with van der Waals surface area (Å²) in [6, 6.07) is 8.07. The van der Waals surface area contributed by atoms with Gasteiger partial charge in [0.15, 0.2) is 5.69 Å². The number of hydrogen-bond acceptors (Lipinski definition) is 4. The maximum atomic E-state index is 12.5. The van der Waals surface area contributed by atoms with Gasteiger partial charge in [-0.15, -0.1) is 24.2 Å². The van der Waals surface area contributed by atoms with Crippen LogP contribution in [-0.2, 0) is 0 Å². The number of benzene rings is 1. The van der Waals surface area contributed by atoms with Gasteiger partial charge < -0.3 is 10.6 Å². The Kier molecular flexibility index (Phi) is 6.71. The third-order valence-corrected chi connectivity index (χ3v) is 5.12. The van der Waals surface area contributed by atoms with Crippen LogP contribution < -0.4 is 10.6 Å². The quantitative estimate of drug-likeness (QED) is 0.813. The summed E-state index contributed by atoms with van der Waals surface area (Å²) in [5, 5.41) is 10.8. The van der Waals surface area contributed by atoms with E-state index < -0.39 is 0 Å². The van der Waals surface area contributed by atoms with Crippen LogP contribution >= 0.6 is 24.2 Å². The molecule has 0 spiro atoms. The molecule has 0 bridgehead atoms. The van der Waals surface area contributed by atoms with Crippen molar-refractivity contribution in [2.24, 2.45) is 0 Å². The second-order valence-corrected chi connectivity index (χ2v) is 6.62. The highest BCUT2D eigenvalue weighted by molar-refractivity contribution is 7.98. The second-order valence-electron chi connectivity index (χ2n) is 5.77. The number of anilines is 1. The molecule has 130 valence electrons. The lowest BCUT2D eigenvalue weighted by molar-refractivity contribution is 0.102. The predicted octanol–water partition coefficient (Wildman–Crippen LogP) is 3.51. The molecule has 1 aliphatic heterocycles. The van der Waals surface area contributed by atoms with E-state index in [0.29, 0.717) is 11.7 Å². The minimum Gasteiger partial charge on any atom is -0.320 e. The Bertz CT molecular complexity index is 698. The van der Waals surface area contributed by atoms with Crippen LogP contribution in [0.2, 0.25) is 0 Å². The summed E-state index contributed by atoms with van der Waals surface area (Å²) in [6.45, 7) is 4.00. The standard InChI is InChI=1S/C17H22N4OS.ClH/c1-12-14(6-3-7-16(12)23-2)19-17(22)15-8-10-21(20-15)13-5-4-9-18-11-13;/h3,6-8,10,13,18H,4-5,9,11H2,1-2H3,(H,19,22);1H. The first kappa shape index (κ1) is 18.8. The van der Waals surface area contributed by atoms with Crippen LogP contribution in [0.15, 0.2) is 35.4 Å². The highest BCUT2D eigenvalue weighted by atomic mass is 35.5. The summed E-state index contributed by atoms with van der Waals surface area (Å²) < 4.78 is 1.91. The van der Waals surface area contributed by atoms with E-state index in [4.69, 9.17) is 0 Å². The molecule has 1 amide bonds. The van der Waals surface area contributed by atoms with Gasteiger partial charge in [0, 0.05) is 23.3 Å². The van der Waals surface area contributed by atoms with E-state index in [1.54, 1.807) is 17.8 Å². The maximum Gasteiger partial charge on any atom is 0.276 e. The number of carbonyl (C=O) groups excluding carboxylic acids is 1. The minimum absolute atomic E-state index is 0. The normalized spacial score (nSPS) is 17.2. The molecule has 7 heteroatoms. The molecule has 1 saturated heterocycles. The van der Waals surface area contributed by atoms with Crippen molar-refractivity contribution in [1.29, 1.82) is 0 Å². The van der Waals surface area contributed by atoms with Crippen LogP contribution in [0.4, 0.5) is 5.69 Å². The monoisotopic (exact) mass is 366 g/mol. The van der Waals surface area contributed by atoms with Gasteiger partial charge in [-0.2, -0.15) is 5.10 Å². The molecule has 0 saturated carbocycles. The van der Waals surface area contributed by atoms with E-state index in [0.717, 1.165) is 37.2 Å². The SMILES string of the molecule is CSc1cccc(NC(=O)c2ccn(C3CCCNC3)n2)c1C.Cl. The van der Waals surface area contributed by atoms with E-state index in [-0.39, 0.29) is 18.3 Å². The van der Waals surface area contributed by atoms with E-state index in [1.807, 2.05) is 36.2 Å². The molecule has 1 fully saturated rings. The number of aromatic nitrogens is 2. The molecule has 24 heavy (non-hydrogen) atoms. The summed E-state index contributed by atoms with van der Waals surface area (Å²) in [5.74, 6) is -0.158. The fourth-order valence-electron chi connectivity index (χ4n) is 2.88. The van der Waals surface area contributed by atoms with E-state index in [9.17, 15) is 4.79 Å². The van der Waals surface area contributed by atoms with Gasteiger partial charge in [-0.3, -0.25) is 9.48 Å². The summed E-state index contributed by atoms with van der Waals surface area (Å²) in [7, 11) is 0. The Hall–Kier alpha value is -1.50. The Labute approximate surface area is 153 Å². The van der Waals surface area contributed by atoms with Gasteiger partial charge in [0.05, 0.1) is 6.04 Å². The molecule has 2 aromatic rings. The average Bonchev–Trinajstić information content (AvgIpc) is 3.08. The highest BCUT2D eigenvalue weighted by Crippen LogP contribution is 2.26. The van der Waals surface area contributed by atoms with Gasteiger partial charge >= 0.3 is 0 Å². The molecule has 1 aliphatic rings. The zero-order valence-corrected chi connectivity index (χ0v) is 15.5. The van der Waals surface area contributed by atoms with Gasteiger partial charge in [0.2, 0.25) is 0 Å². The van der Waals surface area contributed by atoms with E-state index in [1.165, 1.54) is 4.90 Å². The first-order chi connectivity index (χ1) is 11.2. The van der Waals surface area contributed by atoms with Crippen molar-refractivity contribution in [2.45, 2.75) is 30.7 Å². The Balaban J connectivity index is 0.00000208.